The molecule has 4 saturated carbocycles. The smallest absolute Gasteiger partial charge is 0.457 e. The number of carbonyl (C=O) groups excluding carboxylic acids is 5. The van der Waals surface area contributed by atoms with E-state index in [0.29, 0.717) is 18.8 Å². The van der Waals surface area contributed by atoms with Crippen molar-refractivity contribution < 1.29 is 38.2 Å². The zero-order valence-corrected chi connectivity index (χ0v) is 23.3. The number of rotatable bonds is 7. The van der Waals surface area contributed by atoms with E-state index < -0.39 is 40.9 Å². The van der Waals surface area contributed by atoms with Crippen molar-refractivity contribution in [1.82, 2.24) is 0 Å². The third-order valence-corrected chi connectivity index (χ3v) is 10.8. The van der Waals surface area contributed by atoms with Crippen molar-refractivity contribution in [3.05, 3.63) is 23.8 Å². The van der Waals surface area contributed by atoms with Crippen LogP contribution in [0.1, 0.15) is 84.5 Å². The van der Waals surface area contributed by atoms with Crippen LogP contribution >= 0.6 is 0 Å². The molecule has 5 aliphatic rings. The average molecular weight is 541 g/mol. The van der Waals surface area contributed by atoms with E-state index in [1.165, 1.54) is 20.0 Å². The molecule has 0 aromatic rings. The second-order valence-electron chi connectivity index (χ2n) is 12.7. The molecule has 0 aliphatic heterocycles. The molecule has 4 fully saturated rings. The summed E-state index contributed by atoms with van der Waals surface area (Å²) in [6.07, 6.45) is 12.1. The molecule has 8 heteroatoms. The van der Waals surface area contributed by atoms with Gasteiger partial charge in [-0.05, 0) is 62.0 Å². The number of allylic oxidation sites excluding steroid dienone is 4. The molecule has 0 radical (unpaired) electrons. The molecule has 0 aromatic carbocycles. The molecule has 0 saturated heterocycles. The second kappa shape index (κ2) is 10.3. The zero-order valence-electron chi connectivity index (χ0n) is 23.3. The van der Waals surface area contributed by atoms with Crippen molar-refractivity contribution in [2.24, 2.45) is 34.5 Å². The fourth-order valence-electron chi connectivity index (χ4n) is 8.84. The normalized spacial score (nSPS) is 37.4. The quantitative estimate of drug-likeness (QED) is 0.411. The van der Waals surface area contributed by atoms with Crippen molar-refractivity contribution in [1.29, 1.82) is 0 Å². The van der Waals surface area contributed by atoms with Gasteiger partial charge in [-0.15, -0.1) is 0 Å². The van der Waals surface area contributed by atoms with Crippen molar-refractivity contribution >= 4 is 29.5 Å². The maximum Gasteiger partial charge on any atom is 0.509 e. The van der Waals surface area contributed by atoms with Gasteiger partial charge in [0.2, 0.25) is 5.78 Å². The first-order valence-corrected chi connectivity index (χ1v) is 14.5. The van der Waals surface area contributed by atoms with Crippen LogP contribution in [0.4, 0.5) is 4.79 Å². The summed E-state index contributed by atoms with van der Waals surface area (Å²) < 4.78 is 16.0. The number of methoxy groups -OCH3 is 1. The lowest BCUT2D eigenvalue weighted by molar-refractivity contribution is -0.176. The van der Waals surface area contributed by atoms with Gasteiger partial charge in [-0.3, -0.25) is 19.2 Å². The third kappa shape index (κ3) is 4.57. The molecular formula is C31H40O8. The Kier molecular flexibility index (Phi) is 7.36. The van der Waals surface area contributed by atoms with Gasteiger partial charge in [0, 0.05) is 29.6 Å². The molecule has 6 atom stereocenters. The molecule has 5 rings (SSSR count). The lowest BCUT2D eigenvalue weighted by atomic mass is 9.46. The van der Waals surface area contributed by atoms with E-state index in [4.69, 9.17) is 14.2 Å². The molecule has 212 valence electrons. The van der Waals surface area contributed by atoms with Crippen molar-refractivity contribution in [2.45, 2.75) is 90.1 Å². The van der Waals surface area contributed by atoms with Gasteiger partial charge in [0.1, 0.15) is 5.78 Å². The van der Waals surface area contributed by atoms with E-state index in [9.17, 15) is 24.0 Å². The van der Waals surface area contributed by atoms with Gasteiger partial charge in [-0.2, -0.15) is 0 Å². The summed E-state index contributed by atoms with van der Waals surface area (Å²) in [7, 11) is 1.19. The van der Waals surface area contributed by atoms with Crippen LogP contribution in [-0.4, -0.2) is 48.8 Å². The monoisotopic (exact) mass is 540 g/mol. The van der Waals surface area contributed by atoms with Gasteiger partial charge in [0.25, 0.3) is 0 Å². The number of ether oxygens (including phenoxy) is 3. The minimum atomic E-state index is -1.62. The third-order valence-electron chi connectivity index (χ3n) is 10.8. The van der Waals surface area contributed by atoms with Crippen molar-refractivity contribution in [3.63, 3.8) is 0 Å². The van der Waals surface area contributed by atoms with Gasteiger partial charge >= 0.3 is 12.1 Å². The van der Waals surface area contributed by atoms with Crippen LogP contribution in [0.15, 0.2) is 23.8 Å². The predicted octanol–water partition coefficient (Wildman–Crippen LogP) is 5.08. The van der Waals surface area contributed by atoms with Crippen LogP contribution in [0.2, 0.25) is 0 Å². The number of hydrogen-bond acceptors (Lipinski definition) is 8. The summed E-state index contributed by atoms with van der Waals surface area (Å²) >= 11 is 0. The highest BCUT2D eigenvalue weighted by Crippen LogP contribution is 2.67. The molecule has 8 nitrogen and oxygen atoms in total. The Bertz CT molecular complexity index is 1130. The number of Topliss-reactive ketones (excluding diaryl/α,β-unsaturated/α-hetero) is 2. The van der Waals surface area contributed by atoms with Gasteiger partial charge in [0.15, 0.2) is 18.0 Å². The van der Waals surface area contributed by atoms with Crippen molar-refractivity contribution in [3.8, 4) is 0 Å². The lowest BCUT2D eigenvalue weighted by Crippen LogP contribution is -2.62. The molecule has 0 heterocycles. The largest absolute Gasteiger partial charge is 0.509 e. The summed E-state index contributed by atoms with van der Waals surface area (Å²) in [4.78, 5) is 64.8. The van der Waals surface area contributed by atoms with Gasteiger partial charge in [-0.1, -0.05) is 51.2 Å². The van der Waals surface area contributed by atoms with E-state index in [1.54, 1.807) is 12.2 Å². The minimum absolute atomic E-state index is 0.00643. The highest BCUT2D eigenvalue weighted by atomic mass is 16.7. The summed E-state index contributed by atoms with van der Waals surface area (Å²) in [5, 5.41) is 0. The molecule has 0 unspecified atom stereocenters. The van der Waals surface area contributed by atoms with E-state index in [-0.39, 0.29) is 48.6 Å². The minimum Gasteiger partial charge on any atom is -0.457 e. The SMILES string of the molecule is COC(=O)O[C@]1(C(=O)COC(=O)CCC2CCCC2)CC[C@H]2[C@@H]3CCC4=CC(=O)C=C[C@]4(C)[C@H]3C(=O)C[C@@]21C. The Balaban J connectivity index is 1.38. The predicted molar refractivity (Wildman–Crippen MR) is 140 cm³/mol. The maximum absolute atomic E-state index is 13.9. The van der Waals surface area contributed by atoms with Crippen molar-refractivity contribution in [2.75, 3.05) is 13.7 Å². The molecule has 0 spiro atoms. The zero-order chi connectivity index (χ0) is 28.0. The first-order valence-electron chi connectivity index (χ1n) is 14.5. The number of esters is 1. The summed E-state index contributed by atoms with van der Waals surface area (Å²) in [5.41, 5.74) is -2.13. The Morgan fingerprint density at radius 3 is 2.51 bits per heavy atom. The van der Waals surface area contributed by atoms with E-state index in [2.05, 4.69) is 0 Å². The topological polar surface area (TPSA) is 113 Å². The van der Waals surface area contributed by atoms with Crippen LogP contribution in [0, 0.1) is 34.5 Å². The molecule has 39 heavy (non-hydrogen) atoms. The highest BCUT2D eigenvalue weighted by Gasteiger charge is 2.70. The number of ketones is 3. The fraction of sp³-hybridized carbons (Fsp3) is 0.710. The maximum atomic E-state index is 13.9. The number of hydrogen-bond donors (Lipinski definition) is 0. The first kappa shape index (κ1) is 27.8. The molecule has 0 bridgehead atoms. The van der Waals surface area contributed by atoms with Crippen LogP contribution in [0.25, 0.3) is 0 Å². The number of carbonyl (C=O) groups is 5. The van der Waals surface area contributed by atoms with Crippen LogP contribution in [0.5, 0.6) is 0 Å². The average Bonchev–Trinajstić information content (AvgIpc) is 3.52. The summed E-state index contributed by atoms with van der Waals surface area (Å²) in [5.74, 6) is -0.835. The fourth-order valence-corrected chi connectivity index (χ4v) is 8.84. The summed E-state index contributed by atoms with van der Waals surface area (Å²) in [6, 6.07) is 0. The molecule has 5 aliphatic carbocycles. The van der Waals surface area contributed by atoms with E-state index >= 15 is 0 Å². The standard InChI is InChI=1S/C31H40O8/c1-29-14-12-21(32)16-20(29)9-10-22-23-13-15-31(39-28(36)37-3,30(23,2)17-24(33)27(22)29)25(34)18-38-26(35)11-8-19-6-4-5-7-19/h12,14,16,19,22-23,27H,4-11,13,15,17-18H2,1-3H3/t22-,23-,27+,29-,30-,31-/m0/s1. The highest BCUT2D eigenvalue weighted by molar-refractivity contribution is 6.02. The van der Waals surface area contributed by atoms with Crippen LogP contribution < -0.4 is 0 Å². The molecule has 0 N–H and O–H groups in total. The van der Waals surface area contributed by atoms with Gasteiger partial charge < -0.3 is 14.2 Å². The molecule has 0 amide bonds. The van der Waals surface area contributed by atoms with Crippen LogP contribution in [0.3, 0.4) is 0 Å². The molecule has 0 aromatic heterocycles. The molecular weight excluding hydrogens is 500 g/mol. The van der Waals surface area contributed by atoms with Gasteiger partial charge in [-0.25, -0.2) is 4.79 Å². The lowest BCUT2D eigenvalue weighted by Gasteiger charge is -2.57. The summed E-state index contributed by atoms with van der Waals surface area (Å²) in [6.45, 7) is 3.40. The Morgan fingerprint density at radius 2 is 1.79 bits per heavy atom. The Hall–Kier alpha value is -2.77. The van der Waals surface area contributed by atoms with E-state index in [0.717, 1.165) is 31.3 Å². The van der Waals surface area contributed by atoms with Crippen LogP contribution in [-0.2, 0) is 33.4 Å². The first-order chi connectivity index (χ1) is 18.5. The Morgan fingerprint density at radius 1 is 1.05 bits per heavy atom. The Labute approximate surface area is 229 Å². The second-order valence-corrected chi connectivity index (χ2v) is 12.7. The van der Waals surface area contributed by atoms with Gasteiger partial charge in [0.05, 0.1) is 7.11 Å². The van der Waals surface area contributed by atoms with E-state index in [1.807, 2.05) is 19.9 Å². The number of fused-ring (bicyclic) bond motifs is 5.